The summed E-state index contributed by atoms with van der Waals surface area (Å²) in [5, 5.41) is 0. The van der Waals surface area contributed by atoms with Crippen LogP contribution in [0.1, 0.15) is 44.4 Å². The summed E-state index contributed by atoms with van der Waals surface area (Å²) >= 11 is 0. The number of anilines is 1. The van der Waals surface area contributed by atoms with Crippen molar-refractivity contribution >= 4 is 23.6 Å². The molecule has 0 aromatic heterocycles. The molecule has 3 amide bonds. The standard InChI is InChI=1S/C26H32N2O6/c1-7-32-21-11-9-20(10-12-21)27-16-22(29)28(25(27)31)15-19-13-17(3)23(18(4)14-19)34-26(5,6)24(30)33-8-2/h9-14H,7-8,15-16H2,1-6H3. The average molecular weight is 469 g/mol. The minimum atomic E-state index is -1.15. The Kier molecular flexibility index (Phi) is 7.49. The minimum absolute atomic E-state index is 0.0142. The second kappa shape index (κ2) is 10.2. The Morgan fingerprint density at radius 3 is 2.18 bits per heavy atom. The highest BCUT2D eigenvalue weighted by Gasteiger charge is 2.37. The number of nitrogens with zero attached hydrogens (tertiary/aromatic N) is 2. The van der Waals surface area contributed by atoms with Gasteiger partial charge in [-0.25, -0.2) is 9.59 Å². The molecular formula is C26H32N2O6. The van der Waals surface area contributed by atoms with Gasteiger partial charge in [-0.15, -0.1) is 0 Å². The molecule has 8 nitrogen and oxygen atoms in total. The van der Waals surface area contributed by atoms with Crippen molar-refractivity contribution in [1.82, 2.24) is 4.90 Å². The third-order valence-corrected chi connectivity index (χ3v) is 5.50. The van der Waals surface area contributed by atoms with Crippen LogP contribution >= 0.6 is 0 Å². The molecule has 0 saturated carbocycles. The number of hydrogen-bond donors (Lipinski definition) is 0. The number of benzene rings is 2. The van der Waals surface area contributed by atoms with E-state index in [1.165, 1.54) is 9.80 Å². The zero-order chi connectivity index (χ0) is 25.0. The SMILES string of the molecule is CCOC(=O)C(C)(C)Oc1c(C)cc(CN2C(=O)CN(c3ccc(OCC)cc3)C2=O)cc1C. The second-order valence-corrected chi connectivity index (χ2v) is 8.67. The molecule has 0 unspecified atom stereocenters. The van der Waals surface area contributed by atoms with E-state index < -0.39 is 11.6 Å². The van der Waals surface area contributed by atoms with Crippen molar-refractivity contribution in [1.29, 1.82) is 0 Å². The fourth-order valence-electron chi connectivity index (χ4n) is 3.86. The number of aryl methyl sites for hydroxylation is 2. The molecule has 0 atom stereocenters. The Balaban J connectivity index is 1.75. The van der Waals surface area contributed by atoms with Crippen molar-refractivity contribution < 1.29 is 28.6 Å². The first-order valence-corrected chi connectivity index (χ1v) is 11.4. The fourth-order valence-corrected chi connectivity index (χ4v) is 3.86. The zero-order valence-electron chi connectivity index (χ0n) is 20.6. The van der Waals surface area contributed by atoms with Crippen LogP contribution < -0.4 is 14.4 Å². The quantitative estimate of drug-likeness (QED) is 0.401. The van der Waals surface area contributed by atoms with Gasteiger partial charge in [0.05, 0.1) is 19.8 Å². The lowest BCUT2D eigenvalue weighted by Crippen LogP contribution is -2.40. The smallest absolute Gasteiger partial charge is 0.349 e. The van der Waals surface area contributed by atoms with Crippen LogP contribution in [0.25, 0.3) is 0 Å². The van der Waals surface area contributed by atoms with Crippen molar-refractivity contribution in [3.05, 3.63) is 53.1 Å². The predicted octanol–water partition coefficient (Wildman–Crippen LogP) is 4.39. The lowest BCUT2D eigenvalue weighted by Gasteiger charge is -2.26. The molecule has 0 spiro atoms. The molecule has 0 N–H and O–H groups in total. The van der Waals surface area contributed by atoms with Gasteiger partial charge in [-0.2, -0.15) is 0 Å². The summed E-state index contributed by atoms with van der Waals surface area (Å²) in [7, 11) is 0. The van der Waals surface area contributed by atoms with Gasteiger partial charge in [0.2, 0.25) is 0 Å². The first kappa shape index (κ1) is 25.1. The third kappa shape index (κ3) is 5.32. The number of urea groups is 1. The Hall–Kier alpha value is -3.55. The van der Waals surface area contributed by atoms with Gasteiger partial charge in [0.1, 0.15) is 18.0 Å². The van der Waals surface area contributed by atoms with Crippen LogP contribution in [-0.4, -0.2) is 48.2 Å². The lowest BCUT2D eigenvalue weighted by atomic mass is 10.0. The Labute approximate surface area is 200 Å². The van der Waals surface area contributed by atoms with Crippen LogP contribution in [0.3, 0.4) is 0 Å². The normalized spacial score (nSPS) is 13.9. The monoisotopic (exact) mass is 468 g/mol. The molecule has 1 fully saturated rings. The first-order valence-electron chi connectivity index (χ1n) is 11.4. The van der Waals surface area contributed by atoms with Crippen LogP contribution in [0.2, 0.25) is 0 Å². The van der Waals surface area contributed by atoms with Gasteiger partial charge in [0.15, 0.2) is 5.60 Å². The van der Waals surface area contributed by atoms with Gasteiger partial charge >= 0.3 is 12.0 Å². The summed E-state index contributed by atoms with van der Waals surface area (Å²) in [4.78, 5) is 40.6. The van der Waals surface area contributed by atoms with Gasteiger partial charge in [0.25, 0.3) is 5.91 Å². The summed E-state index contributed by atoms with van der Waals surface area (Å²) in [5.41, 5.74) is 1.89. The van der Waals surface area contributed by atoms with E-state index in [9.17, 15) is 14.4 Å². The molecule has 2 aromatic rings. The van der Waals surface area contributed by atoms with Crippen LogP contribution in [-0.2, 0) is 20.9 Å². The second-order valence-electron chi connectivity index (χ2n) is 8.67. The molecule has 182 valence electrons. The molecule has 34 heavy (non-hydrogen) atoms. The van der Waals surface area contributed by atoms with Gasteiger partial charge in [-0.1, -0.05) is 12.1 Å². The molecule has 2 aromatic carbocycles. The Morgan fingerprint density at radius 2 is 1.62 bits per heavy atom. The minimum Gasteiger partial charge on any atom is -0.494 e. The van der Waals surface area contributed by atoms with Crippen molar-refractivity contribution in [3.8, 4) is 11.5 Å². The Morgan fingerprint density at radius 1 is 1.00 bits per heavy atom. The van der Waals surface area contributed by atoms with E-state index in [-0.39, 0.29) is 31.6 Å². The van der Waals surface area contributed by atoms with Gasteiger partial charge in [-0.3, -0.25) is 14.6 Å². The highest BCUT2D eigenvalue weighted by Crippen LogP contribution is 2.31. The van der Waals surface area contributed by atoms with Crippen molar-refractivity contribution in [3.63, 3.8) is 0 Å². The molecule has 3 rings (SSSR count). The van der Waals surface area contributed by atoms with Crippen molar-refractivity contribution in [2.45, 2.75) is 53.7 Å². The van der Waals surface area contributed by atoms with E-state index in [1.807, 2.05) is 32.9 Å². The fraction of sp³-hybridized carbons (Fsp3) is 0.423. The maximum absolute atomic E-state index is 13.0. The highest BCUT2D eigenvalue weighted by atomic mass is 16.6. The summed E-state index contributed by atoms with van der Waals surface area (Å²) in [5.74, 6) is 0.579. The molecule has 8 heteroatoms. The van der Waals surface area contributed by atoms with Crippen LogP contribution in [0, 0.1) is 13.8 Å². The van der Waals surface area contributed by atoms with E-state index in [2.05, 4.69) is 0 Å². The van der Waals surface area contributed by atoms with Crippen LogP contribution in [0.15, 0.2) is 36.4 Å². The molecule has 0 bridgehead atoms. The number of esters is 1. The number of imide groups is 1. The summed E-state index contributed by atoms with van der Waals surface area (Å²) < 4.78 is 16.6. The van der Waals surface area contributed by atoms with E-state index >= 15 is 0 Å². The number of carbonyl (C=O) groups is 3. The predicted molar refractivity (Wildman–Crippen MR) is 128 cm³/mol. The number of rotatable bonds is 9. The number of amides is 3. The van der Waals surface area contributed by atoms with Crippen LogP contribution in [0.4, 0.5) is 10.5 Å². The zero-order valence-corrected chi connectivity index (χ0v) is 20.6. The molecule has 1 heterocycles. The third-order valence-electron chi connectivity index (χ3n) is 5.50. The van der Waals surface area contributed by atoms with Crippen molar-refractivity contribution in [2.24, 2.45) is 0 Å². The van der Waals surface area contributed by atoms with Gasteiger partial charge < -0.3 is 14.2 Å². The molecule has 0 radical (unpaired) electrons. The van der Waals surface area contributed by atoms with E-state index in [1.54, 1.807) is 45.0 Å². The topological polar surface area (TPSA) is 85.4 Å². The molecule has 0 aliphatic carbocycles. The molecule has 1 aliphatic heterocycles. The maximum atomic E-state index is 13.0. The van der Waals surface area contributed by atoms with E-state index in [0.29, 0.717) is 23.8 Å². The number of ether oxygens (including phenoxy) is 3. The van der Waals surface area contributed by atoms with Crippen LogP contribution in [0.5, 0.6) is 11.5 Å². The molecular weight excluding hydrogens is 436 g/mol. The average Bonchev–Trinajstić information content (AvgIpc) is 3.05. The van der Waals surface area contributed by atoms with Gasteiger partial charge in [0, 0.05) is 5.69 Å². The summed E-state index contributed by atoms with van der Waals surface area (Å²) in [6.45, 7) is 11.7. The molecule has 1 aliphatic rings. The van der Waals surface area contributed by atoms with E-state index in [0.717, 1.165) is 16.7 Å². The molecule has 1 saturated heterocycles. The Bertz CT molecular complexity index is 1050. The largest absolute Gasteiger partial charge is 0.494 e. The lowest BCUT2D eigenvalue weighted by molar-refractivity contribution is -0.158. The maximum Gasteiger partial charge on any atom is 0.349 e. The summed E-state index contributed by atoms with van der Waals surface area (Å²) in [6, 6.07) is 10.5. The van der Waals surface area contributed by atoms with E-state index in [4.69, 9.17) is 14.2 Å². The number of hydrogen-bond acceptors (Lipinski definition) is 6. The van der Waals surface area contributed by atoms with Crippen molar-refractivity contribution in [2.75, 3.05) is 24.7 Å². The first-order chi connectivity index (χ1) is 16.1. The van der Waals surface area contributed by atoms with Gasteiger partial charge in [-0.05, 0) is 82.5 Å². The highest BCUT2D eigenvalue weighted by molar-refractivity contribution is 6.12. The summed E-state index contributed by atoms with van der Waals surface area (Å²) in [6.07, 6.45) is 0. The number of carbonyl (C=O) groups excluding carboxylic acids is 3.